The van der Waals surface area contributed by atoms with Crippen LogP contribution in [0.3, 0.4) is 0 Å². The molecule has 62 heavy (non-hydrogen) atoms. The fourth-order valence-electron chi connectivity index (χ4n) is 8.58. The number of rotatable bonds is 14. The van der Waals surface area contributed by atoms with Crippen LogP contribution in [-0.2, 0) is 19.6 Å². The summed E-state index contributed by atoms with van der Waals surface area (Å²) in [5.74, 6) is 3.46. The smallest absolute Gasteiger partial charge is 0.391 e. The Balaban J connectivity index is 1.01. The number of benzene rings is 2. The first kappa shape index (κ1) is 42.8. The first-order valence-electron chi connectivity index (χ1n) is 20.9. The number of ether oxygens (including phenoxy) is 2. The third-order valence-corrected chi connectivity index (χ3v) is 13.8. The molecule has 8 rings (SSSR count). The Morgan fingerprint density at radius 2 is 1.77 bits per heavy atom. The number of nitrogens with one attached hydrogen (secondary N) is 3. The Labute approximate surface area is 365 Å². The van der Waals surface area contributed by atoms with Gasteiger partial charge in [0.15, 0.2) is 12.8 Å². The number of sulfonamides is 1. The highest BCUT2D eigenvalue weighted by molar-refractivity contribution is 7.94. The van der Waals surface area contributed by atoms with Crippen LogP contribution in [0.4, 0.5) is 5.69 Å². The summed E-state index contributed by atoms with van der Waals surface area (Å²) >= 11 is 6.25. The van der Waals surface area contributed by atoms with Gasteiger partial charge in [-0.15, -0.1) is 4.67 Å². The van der Waals surface area contributed by atoms with E-state index >= 15 is 0 Å². The predicted molar refractivity (Wildman–Crippen MR) is 236 cm³/mol. The van der Waals surface area contributed by atoms with Crippen LogP contribution in [0.15, 0.2) is 105 Å². The van der Waals surface area contributed by atoms with Crippen molar-refractivity contribution in [3.8, 4) is 5.75 Å². The van der Waals surface area contributed by atoms with E-state index in [9.17, 15) is 18.1 Å². The van der Waals surface area contributed by atoms with Crippen molar-refractivity contribution in [3.63, 3.8) is 0 Å². The molecule has 0 radical (unpaired) electrons. The first-order chi connectivity index (χ1) is 29.9. The van der Waals surface area contributed by atoms with Gasteiger partial charge in [0.05, 0.1) is 28.0 Å². The van der Waals surface area contributed by atoms with Crippen LogP contribution in [0.2, 0.25) is 5.02 Å². The molecule has 2 aliphatic carbocycles. The fraction of sp³-hybridized carbons (Fsp3) is 0.391. The third-order valence-electron chi connectivity index (χ3n) is 12.3. The summed E-state index contributed by atoms with van der Waals surface area (Å²) < 4.78 is 45.7. The Hall–Kier alpha value is -5.84. The number of aromatic amines is 1. The lowest BCUT2D eigenvalue weighted by atomic mass is 9.73. The topological polar surface area (TPSA) is 159 Å². The third kappa shape index (κ3) is 9.77. The van der Waals surface area contributed by atoms with Crippen LogP contribution >= 0.6 is 11.6 Å². The molecule has 2 saturated heterocycles. The number of carbonyl (C=O) groups is 1. The minimum absolute atomic E-state index is 0.0379. The Morgan fingerprint density at radius 1 is 1.02 bits per heavy atom. The first-order valence-corrected chi connectivity index (χ1v) is 22.7. The van der Waals surface area contributed by atoms with Gasteiger partial charge in [-0.2, -0.15) is 0 Å². The lowest BCUT2D eigenvalue weighted by molar-refractivity contribution is -0.759. The van der Waals surface area contributed by atoms with Gasteiger partial charge in [-0.25, -0.2) is 23.0 Å². The predicted octanol–water partition coefficient (Wildman–Crippen LogP) is 4.27. The molecule has 14 nitrogen and oxygen atoms in total. The van der Waals surface area contributed by atoms with E-state index in [2.05, 4.69) is 72.8 Å². The summed E-state index contributed by atoms with van der Waals surface area (Å²) in [7, 11) is -3.40. The second-order valence-corrected chi connectivity index (χ2v) is 18.4. The van der Waals surface area contributed by atoms with Crippen LogP contribution in [0, 0.1) is 16.7 Å². The molecular weight excluding hydrogens is 830 g/mol. The summed E-state index contributed by atoms with van der Waals surface area (Å²) in [6.07, 6.45) is 8.36. The number of amides is 1. The molecule has 4 heterocycles. The molecule has 3 N–H and O–H groups in total. The summed E-state index contributed by atoms with van der Waals surface area (Å²) in [5, 5.41) is 4.68. The molecule has 3 aliphatic heterocycles. The highest BCUT2D eigenvalue weighted by Gasteiger charge is 2.34. The van der Waals surface area contributed by atoms with Gasteiger partial charge in [-0.3, -0.25) is 9.69 Å². The number of allylic oxidation sites excluding steroid dienone is 4. The molecule has 3 aromatic rings. The number of hydrogen-bond acceptors (Lipinski definition) is 10. The maximum atomic E-state index is 14.0. The zero-order chi connectivity index (χ0) is 43.4. The van der Waals surface area contributed by atoms with Crippen LogP contribution in [0.25, 0.3) is 6.08 Å². The Morgan fingerprint density at radius 3 is 2.53 bits per heavy atom. The van der Waals surface area contributed by atoms with E-state index in [1.54, 1.807) is 30.5 Å². The van der Waals surface area contributed by atoms with Gasteiger partial charge in [0.2, 0.25) is 11.6 Å². The Kier molecular flexibility index (Phi) is 12.9. The SMILES string of the molecule is CO[N+](=O)C1=CC(S(=O)(=O)NC(=O)c2ccc(N3CCN(C[C@H]4CC(C)=C(C)C[C@@H]4c4ccc(Cl)cc4)CC3)cc2OC2=C=[N+]=c3[nH]ccc3=C2)=C=C=C1NCC1CCOCC1. The van der Waals surface area contributed by atoms with Crippen LogP contribution in [0.5, 0.6) is 5.75 Å². The van der Waals surface area contributed by atoms with E-state index in [0.29, 0.717) is 43.0 Å². The zero-order valence-corrected chi connectivity index (χ0v) is 36.6. The standard InChI is InChI=1S/C46H48ClN7O7S/c1-30-22-35(41(23-31(30)2)33-4-6-36(47)7-5-33)29-52-16-18-53(19-17-52)37-8-10-40(44(25-37)61-38-24-34-12-15-48-45(34)50-28-38)46(55)51-62(57,58)39-9-11-42(43(26-39)54(56)59-3)49-27-32-13-20-60-21-14-32/h4-8,10,12,15,24-26,32,35,41H,13-14,16-23,27,29H2,1-3H3,(H-,49,51,55,56)/p+2/t35-,41-/m1/s1. The molecule has 0 spiro atoms. The Bertz CT molecular complexity index is 2760. The van der Waals surface area contributed by atoms with Crippen LogP contribution in [0.1, 0.15) is 61.4 Å². The number of halogens is 1. The number of carbonyl (C=O) groups excluding carboxylic acids is 1. The van der Waals surface area contributed by atoms with Crippen LogP contribution < -0.4 is 35.1 Å². The molecule has 322 valence electrons. The van der Waals surface area contributed by atoms with E-state index in [1.165, 1.54) is 23.8 Å². The average Bonchev–Trinajstić information content (AvgIpc) is 3.75. The van der Waals surface area contributed by atoms with Gasteiger partial charge in [-0.1, -0.05) is 34.9 Å². The number of H-pyrrole nitrogens is 1. The van der Waals surface area contributed by atoms with E-state index < -0.39 is 20.8 Å². The van der Waals surface area contributed by atoms with E-state index in [0.717, 1.165) is 80.4 Å². The molecule has 0 saturated carbocycles. The highest BCUT2D eigenvalue weighted by atomic mass is 35.5. The highest BCUT2D eigenvalue weighted by Crippen LogP contribution is 2.41. The van der Waals surface area contributed by atoms with E-state index in [1.807, 2.05) is 18.2 Å². The van der Waals surface area contributed by atoms with Crippen molar-refractivity contribution in [3.05, 3.63) is 137 Å². The number of nitrogens with zero attached hydrogens (tertiary/aromatic N) is 4. The molecule has 1 amide bonds. The van der Waals surface area contributed by atoms with Crippen molar-refractivity contribution in [2.24, 2.45) is 11.8 Å². The number of anilines is 1. The lowest BCUT2D eigenvalue weighted by Crippen LogP contribution is -2.48. The van der Waals surface area contributed by atoms with Gasteiger partial charge in [0, 0.05) is 75.3 Å². The molecule has 2 aromatic carbocycles. The lowest BCUT2D eigenvalue weighted by Gasteiger charge is -2.41. The van der Waals surface area contributed by atoms with Gasteiger partial charge in [0.25, 0.3) is 20.9 Å². The van der Waals surface area contributed by atoms with Gasteiger partial charge in [-0.05, 0) is 105 Å². The summed E-state index contributed by atoms with van der Waals surface area (Å²) in [6, 6.07) is 15.2. The average molecular weight is 880 g/mol. The van der Waals surface area contributed by atoms with Crippen molar-refractivity contribution in [2.45, 2.75) is 45.4 Å². The molecule has 5 aliphatic rings. The summed E-state index contributed by atoms with van der Waals surface area (Å²) in [4.78, 5) is 39.1. The van der Waals surface area contributed by atoms with Crippen molar-refractivity contribution in [1.82, 2.24) is 24.6 Å². The minimum atomic E-state index is -4.57. The maximum Gasteiger partial charge on any atom is 0.391 e. The monoisotopic (exact) mass is 879 g/mol. The zero-order valence-electron chi connectivity index (χ0n) is 35.0. The van der Waals surface area contributed by atoms with Gasteiger partial charge in [0.1, 0.15) is 10.7 Å². The largest absolute Gasteiger partial charge is 0.443 e. The second-order valence-electron chi connectivity index (χ2n) is 16.3. The van der Waals surface area contributed by atoms with Gasteiger partial charge >= 0.3 is 11.2 Å². The number of piperazine rings is 1. The fourth-order valence-corrected chi connectivity index (χ4v) is 9.63. The quantitative estimate of drug-likeness (QED) is 0.0925. The van der Waals surface area contributed by atoms with Crippen molar-refractivity contribution < 1.29 is 32.4 Å². The molecule has 2 atom stereocenters. The molecule has 16 heteroatoms. The number of aromatic nitrogens is 1. The summed E-state index contributed by atoms with van der Waals surface area (Å²) in [6.45, 7) is 10.4. The maximum absolute atomic E-state index is 14.0. The molecule has 0 unspecified atom stereocenters. The van der Waals surface area contributed by atoms with Crippen molar-refractivity contribution in [2.75, 3.05) is 64.5 Å². The van der Waals surface area contributed by atoms with Crippen molar-refractivity contribution >= 4 is 45.2 Å². The normalized spacial score (nSPS) is 20.5. The minimum Gasteiger partial charge on any atom is -0.443 e. The van der Waals surface area contributed by atoms with Crippen molar-refractivity contribution in [1.29, 1.82) is 0 Å². The van der Waals surface area contributed by atoms with E-state index in [4.69, 9.17) is 25.9 Å². The molecule has 2 fully saturated rings. The van der Waals surface area contributed by atoms with Gasteiger partial charge < -0.3 is 19.7 Å². The summed E-state index contributed by atoms with van der Waals surface area (Å²) in [5.41, 5.74) is 11.1. The second kappa shape index (κ2) is 18.6. The van der Waals surface area contributed by atoms with E-state index in [-0.39, 0.29) is 33.4 Å². The number of hydrogen-bond donors (Lipinski definition) is 3. The molecular formula is C46H50ClN7O7S+2. The molecule has 0 bridgehead atoms. The van der Waals surface area contributed by atoms with Crippen LogP contribution in [-0.4, -0.2) is 94.6 Å². The number of fused-ring (bicyclic) bond motifs is 1. The molecule has 1 aromatic heterocycles.